The molecule has 0 fully saturated rings. The molecule has 0 spiro atoms. The van der Waals surface area contributed by atoms with Crippen molar-refractivity contribution >= 4 is 5.82 Å². The van der Waals surface area contributed by atoms with E-state index >= 15 is 0 Å². The summed E-state index contributed by atoms with van der Waals surface area (Å²) in [6.45, 7) is 3.91. The summed E-state index contributed by atoms with van der Waals surface area (Å²) >= 11 is 0. The number of hydrogen-bond donors (Lipinski definition) is 1. The van der Waals surface area contributed by atoms with E-state index < -0.39 is 0 Å². The van der Waals surface area contributed by atoms with Crippen molar-refractivity contribution in [2.75, 3.05) is 12.4 Å². The van der Waals surface area contributed by atoms with Crippen molar-refractivity contribution in [3.05, 3.63) is 35.9 Å². The fourth-order valence-electron chi connectivity index (χ4n) is 1.50. The second kappa shape index (κ2) is 5.44. The normalized spacial score (nSPS) is 10.2. The van der Waals surface area contributed by atoms with E-state index in [2.05, 4.69) is 20.3 Å². The summed E-state index contributed by atoms with van der Waals surface area (Å²) in [6.07, 6.45) is 2.50. The number of rotatable bonds is 4. The zero-order chi connectivity index (χ0) is 13.0. The molecule has 1 N–H and O–H groups in total. The minimum absolute atomic E-state index is 0.530. The van der Waals surface area contributed by atoms with Gasteiger partial charge in [0.25, 0.3) is 0 Å². The molecule has 0 aliphatic carbocycles. The highest BCUT2D eigenvalue weighted by molar-refractivity contribution is 5.40. The van der Waals surface area contributed by atoms with Crippen LogP contribution in [0.2, 0.25) is 0 Å². The molecule has 0 saturated carbocycles. The lowest BCUT2D eigenvalue weighted by Crippen LogP contribution is -2.01. The first-order chi connectivity index (χ1) is 8.72. The molecule has 0 radical (unpaired) electrons. The summed E-state index contributed by atoms with van der Waals surface area (Å²) in [5, 5.41) is 3.00. The summed E-state index contributed by atoms with van der Waals surface area (Å²) in [5.74, 6) is 2.74. The van der Waals surface area contributed by atoms with Crippen LogP contribution in [0.25, 0.3) is 0 Å². The number of hydrogen-bond acceptors (Lipinski definition) is 5. The Hall–Kier alpha value is -2.17. The average Bonchev–Trinajstić information content (AvgIpc) is 2.41. The van der Waals surface area contributed by atoms with Crippen molar-refractivity contribution in [1.82, 2.24) is 15.0 Å². The number of nitrogens with one attached hydrogen (secondary N) is 1. The van der Waals surface area contributed by atoms with Gasteiger partial charge in [0.05, 0.1) is 5.69 Å². The summed E-state index contributed by atoms with van der Waals surface area (Å²) < 4.78 is 5.74. The monoisotopic (exact) mass is 244 g/mol. The third-order valence-corrected chi connectivity index (χ3v) is 2.49. The van der Waals surface area contributed by atoms with Crippen LogP contribution in [-0.4, -0.2) is 22.0 Å². The van der Waals surface area contributed by atoms with Crippen molar-refractivity contribution < 1.29 is 4.74 Å². The maximum atomic E-state index is 5.74. The van der Waals surface area contributed by atoms with Gasteiger partial charge in [-0.15, -0.1) is 0 Å². The van der Waals surface area contributed by atoms with Crippen LogP contribution in [0.3, 0.4) is 0 Å². The first-order valence-corrected chi connectivity index (χ1v) is 5.88. The van der Waals surface area contributed by atoms with Gasteiger partial charge in [-0.05, 0) is 19.1 Å². The number of ether oxygens (including phenoxy) is 1. The predicted molar refractivity (Wildman–Crippen MR) is 70.0 cm³/mol. The van der Waals surface area contributed by atoms with Crippen LogP contribution in [-0.2, 0) is 6.42 Å². The van der Waals surface area contributed by atoms with Crippen LogP contribution in [0.4, 0.5) is 5.82 Å². The minimum atomic E-state index is 0.530. The highest BCUT2D eigenvalue weighted by atomic mass is 16.5. The molecule has 5 nitrogen and oxygen atoms in total. The molecule has 94 valence electrons. The molecule has 5 heteroatoms. The smallest absolute Gasteiger partial charge is 0.224 e. The third kappa shape index (κ3) is 2.74. The van der Waals surface area contributed by atoms with Crippen LogP contribution < -0.4 is 10.1 Å². The fraction of sp³-hybridized carbons (Fsp3) is 0.308. The summed E-state index contributed by atoms with van der Waals surface area (Å²) in [4.78, 5) is 12.8. The van der Waals surface area contributed by atoms with Gasteiger partial charge in [-0.25, -0.2) is 4.98 Å². The Bertz CT molecular complexity index is 520. The van der Waals surface area contributed by atoms with E-state index in [1.165, 1.54) is 0 Å². The van der Waals surface area contributed by atoms with Gasteiger partial charge >= 0.3 is 0 Å². The van der Waals surface area contributed by atoms with E-state index in [1.54, 1.807) is 12.3 Å². The number of nitrogens with zero attached hydrogens (tertiary/aromatic N) is 3. The Morgan fingerprint density at radius 2 is 2.17 bits per heavy atom. The molecule has 0 atom stereocenters. The molecule has 0 amide bonds. The van der Waals surface area contributed by atoms with Crippen LogP contribution in [0.1, 0.15) is 18.4 Å². The van der Waals surface area contributed by atoms with Gasteiger partial charge < -0.3 is 10.1 Å². The minimum Gasteiger partial charge on any atom is -0.437 e. The number of pyridine rings is 1. The number of anilines is 1. The Kier molecular flexibility index (Phi) is 3.72. The topological polar surface area (TPSA) is 59.9 Å². The van der Waals surface area contributed by atoms with Crippen molar-refractivity contribution in [2.24, 2.45) is 0 Å². The van der Waals surface area contributed by atoms with Gasteiger partial charge in [0.15, 0.2) is 5.75 Å². The van der Waals surface area contributed by atoms with Gasteiger partial charge in [-0.1, -0.05) is 6.92 Å². The van der Waals surface area contributed by atoms with E-state index in [4.69, 9.17) is 4.74 Å². The van der Waals surface area contributed by atoms with Crippen LogP contribution in [0.5, 0.6) is 11.6 Å². The van der Waals surface area contributed by atoms with E-state index in [0.717, 1.165) is 23.8 Å². The maximum absolute atomic E-state index is 5.74. The van der Waals surface area contributed by atoms with E-state index in [-0.39, 0.29) is 0 Å². The Balaban J connectivity index is 2.31. The molecule has 0 aromatic carbocycles. The van der Waals surface area contributed by atoms with Gasteiger partial charge in [0, 0.05) is 25.7 Å². The first kappa shape index (κ1) is 12.3. The Morgan fingerprint density at radius 1 is 1.33 bits per heavy atom. The molecule has 0 bridgehead atoms. The number of aromatic nitrogens is 3. The third-order valence-electron chi connectivity index (χ3n) is 2.49. The Labute approximate surface area is 106 Å². The zero-order valence-electron chi connectivity index (χ0n) is 10.8. The molecule has 0 aliphatic rings. The van der Waals surface area contributed by atoms with Crippen LogP contribution in [0.15, 0.2) is 24.4 Å². The molecule has 2 aromatic heterocycles. The van der Waals surface area contributed by atoms with Crippen molar-refractivity contribution in [1.29, 1.82) is 0 Å². The molecular formula is C13H16N4O. The second-order valence-corrected chi connectivity index (χ2v) is 3.80. The van der Waals surface area contributed by atoms with Gasteiger partial charge in [-0.3, -0.25) is 4.98 Å². The zero-order valence-corrected chi connectivity index (χ0v) is 10.8. The van der Waals surface area contributed by atoms with E-state index in [1.807, 2.05) is 33.0 Å². The average molecular weight is 244 g/mol. The quantitative estimate of drug-likeness (QED) is 0.895. The molecule has 18 heavy (non-hydrogen) atoms. The van der Waals surface area contributed by atoms with Crippen molar-refractivity contribution in [3.63, 3.8) is 0 Å². The largest absolute Gasteiger partial charge is 0.437 e. The molecule has 2 rings (SSSR count). The summed E-state index contributed by atoms with van der Waals surface area (Å²) in [6, 6.07) is 5.48. The van der Waals surface area contributed by atoms with Crippen LogP contribution >= 0.6 is 0 Å². The lowest BCUT2D eigenvalue weighted by molar-refractivity contribution is 0.453. The van der Waals surface area contributed by atoms with E-state index in [9.17, 15) is 0 Å². The lowest BCUT2D eigenvalue weighted by atomic mass is 10.3. The lowest BCUT2D eigenvalue weighted by Gasteiger charge is -2.09. The SMILES string of the molecule is CCc1nc(NC)cc(Oc2cccnc2C)n1. The van der Waals surface area contributed by atoms with Crippen LogP contribution in [0, 0.1) is 6.92 Å². The van der Waals surface area contributed by atoms with E-state index in [0.29, 0.717) is 11.6 Å². The van der Waals surface area contributed by atoms with Crippen molar-refractivity contribution in [3.8, 4) is 11.6 Å². The molecule has 0 saturated heterocycles. The molecule has 2 heterocycles. The molecule has 0 aliphatic heterocycles. The van der Waals surface area contributed by atoms with Gasteiger partial charge in [0.2, 0.25) is 5.88 Å². The van der Waals surface area contributed by atoms with Gasteiger partial charge in [-0.2, -0.15) is 4.98 Å². The fourth-order valence-corrected chi connectivity index (χ4v) is 1.50. The van der Waals surface area contributed by atoms with Crippen molar-refractivity contribution in [2.45, 2.75) is 20.3 Å². The molecule has 2 aromatic rings. The molecule has 0 unspecified atom stereocenters. The highest BCUT2D eigenvalue weighted by Crippen LogP contribution is 2.23. The maximum Gasteiger partial charge on any atom is 0.224 e. The second-order valence-electron chi connectivity index (χ2n) is 3.80. The van der Waals surface area contributed by atoms with Gasteiger partial charge in [0.1, 0.15) is 11.6 Å². The Morgan fingerprint density at radius 3 is 2.83 bits per heavy atom. The highest BCUT2D eigenvalue weighted by Gasteiger charge is 2.06. The first-order valence-electron chi connectivity index (χ1n) is 5.88. The predicted octanol–water partition coefficient (Wildman–Crippen LogP) is 2.58. The summed E-state index contributed by atoms with van der Waals surface area (Å²) in [5.41, 5.74) is 0.833. The number of aryl methyl sites for hydroxylation is 2. The standard InChI is InChI=1S/C13H16N4O/c1-4-11-16-12(14-3)8-13(17-11)18-10-6-5-7-15-9(10)2/h5-8H,4H2,1-3H3,(H,14,16,17). The summed E-state index contributed by atoms with van der Waals surface area (Å²) in [7, 11) is 1.82. The molecular weight excluding hydrogens is 228 g/mol.